The second kappa shape index (κ2) is 4.67. The minimum absolute atomic E-state index is 0.0379. The Labute approximate surface area is 110 Å². The molecular weight excluding hydrogens is 240 g/mol. The van der Waals surface area contributed by atoms with Crippen molar-refractivity contribution < 1.29 is 4.79 Å². The van der Waals surface area contributed by atoms with E-state index in [9.17, 15) is 4.79 Å². The number of carbonyl (C=O) groups is 1. The Bertz CT molecular complexity index is 689. The number of pyridine rings is 1. The second-order valence-electron chi connectivity index (χ2n) is 4.38. The zero-order chi connectivity index (χ0) is 13.2. The van der Waals surface area contributed by atoms with Gasteiger partial charge in [0.25, 0.3) is 0 Å². The summed E-state index contributed by atoms with van der Waals surface area (Å²) in [6, 6.07) is 9.10. The molecule has 0 saturated carbocycles. The predicted molar refractivity (Wildman–Crippen MR) is 73.2 cm³/mol. The number of hydrogen-bond acceptors (Lipinski definition) is 3. The molecular formula is C14H12N4O. The molecule has 1 aromatic carbocycles. The number of nitrogens with zero attached hydrogens (tertiary/aromatic N) is 3. The summed E-state index contributed by atoms with van der Waals surface area (Å²) in [4.78, 5) is 21.4. The van der Waals surface area contributed by atoms with Gasteiger partial charge in [-0.05, 0) is 23.6 Å². The highest BCUT2D eigenvalue weighted by Crippen LogP contribution is 2.23. The Morgan fingerprint density at radius 3 is 3.00 bits per heavy atom. The SMILES string of the molecule is [C-]#[N+]c1ccc2nc(N3CCNCC3=O)ccc2c1. The molecule has 1 amide bonds. The molecule has 0 aliphatic carbocycles. The molecule has 19 heavy (non-hydrogen) atoms. The third kappa shape index (κ3) is 2.14. The minimum atomic E-state index is 0.0379. The highest BCUT2D eigenvalue weighted by Gasteiger charge is 2.20. The number of piperazine rings is 1. The fourth-order valence-corrected chi connectivity index (χ4v) is 2.17. The van der Waals surface area contributed by atoms with Crippen molar-refractivity contribution in [1.82, 2.24) is 10.3 Å². The van der Waals surface area contributed by atoms with Crippen LogP contribution in [0.3, 0.4) is 0 Å². The van der Waals surface area contributed by atoms with Crippen LogP contribution in [-0.4, -0.2) is 30.5 Å². The summed E-state index contributed by atoms with van der Waals surface area (Å²) in [6.45, 7) is 8.77. The third-order valence-electron chi connectivity index (χ3n) is 3.15. The van der Waals surface area contributed by atoms with E-state index in [0.29, 0.717) is 24.6 Å². The molecule has 2 heterocycles. The Balaban J connectivity index is 2.02. The van der Waals surface area contributed by atoms with E-state index in [0.717, 1.165) is 17.4 Å². The average molecular weight is 252 g/mol. The molecule has 5 heteroatoms. The van der Waals surface area contributed by atoms with E-state index in [2.05, 4.69) is 15.1 Å². The second-order valence-corrected chi connectivity index (χ2v) is 4.38. The Morgan fingerprint density at radius 1 is 1.32 bits per heavy atom. The summed E-state index contributed by atoms with van der Waals surface area (Å²) >= 11 is 0. The first-order valence-corrected chi connectivity index (χ1v) is 6.07. The maximum Gasteiger partial charge on any atom is 0.242 e. The normalized spacial score (nSPS) is 15.5. The van der Waals surface area contributed by atoms with E-state index in [1.165, 1.54) is 0 Å². The first-order valence-electron chi connectivity index (χ1n) is 6.07. The van der Waals surface area contributed by atoms with E-state index in [-0.39, 0.29) is 5.91 Å². The van der Waals surface area contributed by atoms with E-state index in [1.54, 1.807) is 17.0 Å². The predicted octanol–water partition coefficient (Wildman–Crippen LogP) is 1.72. The number of benzene rings is 1. The molecule has 1 aromatic heterocycles. The van der Waals surface area contributed by atoms with Crippen molar-refractivity contribution in [1.29, 1.82) is 0 Å². The van der Waals surface area contributed by atoms with Crippen LogP contribution < -0.4 is 10.2 Å². The van der Waals surface area contributed by atoms with Crippen LogP contribution in [0.4, 0.5) is 11.5 Å². The molecule has 0 unspecified atom stereocenters. The number of aromatic nitrogens is 1. The molecule has 1 aliphatic rings. The van der Waals surface area contributed by atoms with Crippen molar-refractivity contribution in [3.05, 3.63) is 41.7 Å². The lowest BCUT2D eigenvalue weighted by Gasteiger charge is -2.26. The number of carbonyl (C=O) groups excluding carboxylic acids is 1. The van der Waals surface area contributed by atoms with E-state index < -0.39 is 0 Å². The van der Waals surface area contributed by atoms with Gasteiger partial charge in [0.2, 0.25) is 5.91 Å². The van der Waals surface area contributed by atoms with Gasteiger partial charge in [-0.1, -0.05) is 12.1 Å². The van der Waals surface area contributed by atoms with E-state index in [1.807, 2.05) is 18.2 Å². The van der Waals surface area contributed by atoms with Crippen LogP contribution in [0.15, 0.2) is 30.3 Å². The summed E-state index contributed by atoms with van der Waals surface area (Å²) in [5, 5.41) is 3.95. The lowest BCUT2D eigenvalue weighted by atomic mass is 10.2. The van der Waals surface area contributed by atoms with Gasteiger partial charge in [0, 0.05) is 13.1 Å². The smallest absolute Gasteiger partial charge is 0.242 e. The number of hydrogen-bond donors (Lipinski definition) is 1. The zero-order valence-corrected chi connectivity index (χ0v) is 10.3. The highest BCUT2D eigenvalue weighted by molar-refractivity contribution is 5.96. The van der Waals surface area contributed by atoms with Crippen molar-refractivity contribution in [2.24, 2.45) is 0 Å². The minimum Gasteiger partial charge on any atom is -0.307 e. The highest BCUT2D eigenvalue weighted by atomic mass is 16.2. The standard InChI is InChI=1S/C14H12N4O/c1-15-11-3-4-12-10(8-11)2-5-13(17-12)18-7-6-16-9-14(18)19/h2-5,8,16H,6-7,9H2. The molecule has 5 nitrogen and oxygen atoms in total. The molecule has 0 atom stereocenters. The molecule has 2 aromatic rings. The fourth-order valence-electron chi connectivity index (χ4n) is 2.17. The molecule has 3 rings (SSSR count). The molecule has 1 saturated heterocycles. The number of fused-ring (bicyclic) bond motifs is 1. The molecule has 0 bridgehead atoms. The number of nitrogens with one attached hydrogen (secondary N) is 1. The Hall–Kier alpha value is -2.45. The van der Waals surface area contributed by atoms with Crippen molar-refractivity contribution in [3.63, 3.8) is 0 Å². The van der Waals surface area contributed by atoms with Gasteiger partial charge in [-0.15, -0.1) is 0 Å². The Kier molecular flexibility index (Phi) is 2.86. The molecule has 94 valence electrons. The van der Waals surface area contributed by atoms with Crippen LogP contribution in [0.1, 0.15) is 0 Å². The van der Waals surface area contributed by atoms with Gasteiger partial charge in [0.05, 0.1) is 18.6 Å². The van der Waals surface area contributed by atoms with Crippen LogP contribution in [0, 0.1) is 6.57 Å². The van der Waals surface area contributed by atoms with Gasteiger partial charge < -0.3 is 5.32 Å². The summed E-state index contributed by atoms with van der Waals surface area (Å²) in [5.74, 6) is 0.713. The van der Waals surface area contributed by atoms with Crippen LogP contribution >= 0.6 is 0 Å². The van der Waals surface area contributed by atoms with Crippen LogP contribution in [-0.2, 0) is 4.79 Å². The topological polar surface area (TPSA) is 49.6 Å². The van der Waals surface area contributed by atoms with Crippen LogP contribution in [0.25, 0.3) is 15.7 Å². The van der Waals surface area contributed by atoms with E-state index in [4.69, 9.17) is 6.57 Å². The quantitative estimate of drug-likeness (QED) is 0.786. The van der Waals surface area contributed by atoms with Crippen molar-refractivity contribution in [3.8, 4) is 0 Å². The largest absolute Gasteiger partial charge is 0.307 e. The van der Waals surface area contributed by atoms with E-state index >= 15 is 0 Å². The lowest BCUT2D eigenvalue weighted by molar-refractivity contribution is -0.118. The maximum absolute atomic E-state index is 11.8. The number of amides is 1. The number of rotatable bonds is 1. The van der Waals surface area contributed by atoms with Crippen LogP contribution in [0.5, 0.6) is 0 Å². The maximum atomic E-state index is 11.8. The van der Waals surface area contributed by atoms with Crippen molar-refractivity contribution >= 4 is 28.3 Å². The fraction of sp³-hybridized carbons (Fsp3) is 0.214. The van der Waals surface area contributed by atoms with Gasteiger partial charge in [0.1, 0.15) is 5.82 Å². The summed E-state index contributed by atoms with van der Waals surface area (Å²) in [7, 11) is 0. The van der Waals surface area contributed by atoms with Gasteiger partial charge in [-0.2, -0.15) is 0 Å². The molecule has 1 aliphatic heterocycles. The van der Waals surface area contributed by atoms with Crippen molar-refractivity contribution in [2.75, 3.05) is 24.5 Å². The Morgan fingerprint density at radius 2 is 2.21 bits per heavy atom. The lowest BCUT2D eigenvalue weighted by Crippen LogP contribution is -2.48. The third-order valence-corrected chi connectivity index (χ3v) is 3.15. The summed E-state index contributed by atoms with van der Waals surface area (Å²) in [6.07, 6.45) is 0. The molecule has 1 fully saturated rings. The van der Waals surface area contributed by atoms with Crippen molar-refractivity contribution in [2.45, 2.75) is 0 Å². The van der Waals surface area contributed by atoms with Gasteiger partial charge in [-0.25, -0.2) is 9.83 Å². The monoisotopic (exact) mass is 252 g/mol. The average Bonchev–Trinajstić information content (AvgIpc) is 2.46. The molecule has 0 spiro atoms. The first kappa shape index (κ1) is 11.6. The molecule has 0 radical (unpaired) electrons. The molecule has 1 N–H and O–H groups in total. The first-order chi connectivity index (χ1) is 9.28. The summed E-state index contributed by atoms with van der Waals surface area (Å²) in [5.41, 5.74) is 1.40. The number of anilines is 1. The van der Waals surface area contributed by atoms with Gasteiger partial charge in [-0.3, -0.25) is 9.69 Å². The van der Waals surface area contributed by atoms with Gasteiger partial charge in [0.15, 0.2) is 5.69 Å². The van der Waals surface area contributed by atoms with Gasteiger partial charge >= 0.3 is 0 Å². The zero-order valence-electron chi connectivity index (χ0n) is 10.3. The van der Waals surface area contributed by atoms with Crippen LogP contribution in [0.2, 0.25) is 0 Å². The summed E-state index contributed by atoms with van der Waals surface area (Å²) < 4.78 is 0.